The topological polar surface area (TPSA) is 17.8 Å². The van der Waals surface area contributed by atoms with Crippen LogP contribution in [0.5, 0.6) is 0 Å². The maximum atomic E-state index is 4.17. The van der Waals surface area contributed by atoms with Crippen molar-refractivity contribution in [3.8, 4) is 5.69 Å². The second-order valence-electron chi connectivity index (χ2n) is 3.89. The van der Waals surface area contributed by atoms with E-state index >= 15 is 0 Å². The minimum Gasteiger partial charge on any atom is -0.312 e. The molecule has 2 heteroatoms. The molecule has 0 spiro atoms. The summed E-state index contributed by atoms with van der Waals surface area (Å²) in [5.41, 5.74) is 3.57. The van der Waals surface area contributed by atoms with Crippen molar-refractivity contribution in [3.63, 3.8) is 0 Å². The molecule has 3 rings (SSSR count). The van der Waals surface area contributed by atoms with Crippen LogP contribution in [0.4, 0.5) is 0 Å². The monoisotopic (exact) mass is 208 g/mol. The van der Waals surface area contributed by atoms with Crippen LogP contribution in [-0.4, -0.2) is 9.55 Å². The first-order valence-electron chi connectivity index (χ1n) is 5.34. The molecule has 0 aliphatic carbocycles. The Kier molecular flexibility index (Phi) is 2.00. The highest BCUT2D eigenvalue weighted by molar-refractivity contribution is 5.83. The highest BCUT2D eigenvalue weighted by atomic mass is 15.0. The molecule has 2 aromatic heterocycles. The van der Waals surface area contributed by atoms with Crippen molar-refractivity contribution in [2.75, 3.05) is 0 Å². The smallest absolute Gasteiger partial charge is 0.0641 e. The van der Waals surface area contributed by atoms with Gasteiger partial charge in [0.2, 0.25) is 0 Å². The number of nitrogens with zero attached hydrogens (tertiary/aromatic N) is 2. The molecule has 0 saturated heterocycles. The van der Waals surface area contributed by atoms with Gasteiger partial charge in [0.1, 0.15) is 0 Å². The van der Waals surface area contributed by atoms with E-state index in [2.05, 4.69) is 52.9 Å². The van der Waals surface area contributed by atoms with Gasteiger partial charge in [0.15, 0.2) is 0 Å². The third kappa shape index (κ3) is 1.31. The Hall–Kier alpha value is -2.09. The zero-order valence-electron chi connectivity index (χ0n) is 9.09. The molecule has 0 atom stereocenters. The average molecular weight is 208 g/mol. The van der Waals surface area contributed by atoms with Crippen molar-refractivity contribution in [2.45, 2.75) is 6.92 Å². The lowest BCUT2D eigenvalue weighted by Crippen LogP contribution is -1.95. The highest BCUT2D eigenvalue weighted by Crippen LogP contribution is 2.22. The largest absolute Gasteiger partial charge is 0.312 e. The van der Waals surface area contributed by atoms with Gasteiger partial charge in [-0.2, -0.15) is 0 Å². The van der Waals surface area contributed by atoms with Crippen LogP contribution in [0.2, 0.25) is 0 Å². The molecule has 0 radical (unpaired) electrons. The molecule has 0 aliphatic rings. The van der Waals surface area contributed by atoms with Gasteiger partial charge in [0.05, 0.1) is 17.4 Å². The second kappa shape index (κ2) is 3.49. The third-order valence-corrected chi connectivity index (χ3v) is 2.80. The Balaban J connectivity index is 2.35. The van der Waals surface area contributed by atoms with Crippen LogP contribution in [0.1, 0.15) is 5.69 Å². The van der Waals surface area contributed by atoms with Gasteiger partial charge >= 0.3 is 0 Å². The lowest BCUT2D eigenvalue weighted by molar-refractivity contribution is 1.04. The number of aryl methyl sites for hydroxylation is 1. The predicted molar refractivity (Wildman–Crippen MR) is 65.8 cm³/mol. The molecule has 0 fully saturated rings. The van der Waals surface area contributed by atoms with Gasteiger partial charge in [-0.25, -0.2) is 0 Å². The highest BCUT2D eigenvalue weighted by Gasteiger charge is 2.05. The summed E-state index contributed by atoms with van der Waals surface area (Å²) in [7, 11) is 0. The number of pyridine rings is 1. The molecule has 0 saturated carbocycles. The van der Waals surface area contributed by atoms with Gasteiger partial charge < -0.3 is 4.57 Å². The van der Waals surface area contributed by atoms with Crippen molar-refractivity contribution < 1.29 is 0 Å². The second-order valence-corrected chi connectivity index (χ2v) is 3.89. The molecule has 78 valence electrons. The maximum absolute atomic E-state index is 4.17. The average Bonchev–Trinajstić information content (AvgIpc) is 2.66. The summed E-state index contributed by atoms with van der Waals surface area (Å²) in [6, 6.07) is 14.6. The maximum Gasteiger partial charge on any atom is 0.0641 e. The summed E-state index contributed by atoms with van der Waals surface area (Å²) in [4.78, 5) is 4.17. The van der Waals surface area contributed by atoms with Gasteiger partial charge in [0.25, 0.3) is 0 Å². The number of hydrogen-bond acceptors (Lipinski definition) is 1. The number of para-hydroxylation sites is 1. The van der Waals surface area contributed by atoms with E-state index in [1.165, 1.54) is 16.6 Å². The van der Waals surface area contributed by atoms with Crippen LogP contribution in [0.25, 0.3) is 16.6 Å². The van der Waals surface area contributed by atoms with E-state index < -0.39 is 0 Å². The summed E-state index contributed by atoms with van der Waals surface area (Å²) in [6.07, 6.45) is 3.68. The molecular weight excluding hydrogens is 196 g/mol. The van der Waals surface area contributed by atoms with Crippen LogP contribution < -0.4 is 0 Å². The molecular formula is C14H12N2. The molecule has 16 heavy (non-hydrogen) atoms. The molecule has 0 amide bonds. The molecule has 0 bridgehead atoms. The van der Waals surface area contributed by atoms with Crippen molar-refractivity contribution in [3.05, 3.63) is 60.6 Å². The number of aromatic nitrogens is 2. The molecule has 0 N–H and O–H groups in total. The van der Waals surface area contributed by atoms with E-state index in [1.54, 1.807) is 6.20 Å². The van der Waals surface area contributed by atoms with Gasteiger partial charge in [-0.3, -0.25) is 4.98 Å². The Morgan fingerprint density at radius 3 is 2.75 bits per heavy atom. The lowest BCUT2D eigenvalue weighted by Gasteiger charge is -2.06. The molecule has 0 unspecified atom stereocenters. The van der Waals surface area contributed by atoms with Crippen LogP contribution >= 0.6 is 0 Å². The van der Waals surface area contributed by atoms with E-state index in [4.69, 9.17) is 0 Å². The summed E-state index contributed by atoms with van der Waals surface area (Å²) in [5, 5.41) is 1.27. The number of fused-ring (bicyclic) bond motifs is 1. The van der Waals surface area contributed by atoms with E-state index in [0.29, 0.717) is 0 Å². The minimum atomic E-state index is 1.11. The quantitative estimate of drug-likeness (QED) is 0.599. The fourth-order valence-electron chi connectivity index (χ4n) is 2.12. The number of rotatable bonds is 1. The van der Waals surface area contributed by atoms with Gasteiger partial charge in [-0.1, -0.05) is 18.2 Å². The summed E-state index contributed by atoms with van der Waals surface area (Å²) < 4.78 is 2.22. The summed E-state index contributed by atoms with van der Waals surface area (Å²) in [6.45, 7) is 2.12. The summed E-state index contributed by atoms with van der Waals surface area (Å²) in [5.74, 6) is 0. The fourth-order valence-corrected chi connectivity index (χ4v) is 2.12. The van der Waals surface area contributed by atoms with Crippen molar-refractivity contribution in [1.82, 2.24) is 9.55 Å². The first-order chi connectivity index (χ1) is 7.86. The van der Waals surface area contributed by atoms with Crippen molar-refractivity contribution in [2.24, 2.45) is 0 Å². The molecule has 3 aromatic rings. The van der Waals surface area contributed by atoms with Crippen LogP contribution in [0, 0.1) is 6.92 Å². The molecule has 2 nitrogen and oxygen atoms in total. The van der Waals surface area contributed by atoms with Crippen LogP contribution in [0.3, 0.4) is 0 Å². The van der Waals surface area contributed by atoms with E-state index in [-0.39, 0.29) is 0 Å². The Morgan fingerprint density at radius 2 is 1.94 bits per heavy atom. The van der Waals surface area contributed by atoms with Crippen molar-refractivity contribution in [1.29, 1.82) is 0 Å². The first-order valence-corrected chi connectivity index (χ1v) is 5.34. The van der Waals surface area contributed by atoms with Crippen LogP contribution in [0.15, 0.2) is 54.9 Å². The van der Waals surface area contributed by atoms with E-state index in [1.807, 2.05) is 12.3 Å². The molecule has 2 heterocycles. The van der Waals surface area contributed by atoms with Gasteiger partial charge in [-0.05, 0) is 31.2 Å². The lowest BCUT2D eigenvalue weighted by atomic mass is 10.2. The SMILES string of the molecule is Cc1cc2ccccc2n1-c1cccnc1. The van der Waals surface area contributed by atoms with Gasteiger partial charge in [0, 0.05) is 17.3 Å². The molecule has 1 aromatic carbocycles. The number of hydrogen-bond donors (Lipinski definition) is 0. The zero-order valence-corrected chi connectivity index (χ0v) is 9.09. The van der Waals surface area contributed by atoms with Crippen LogP contribution in [-0.2, 0) is 0 Å². The number of benzene rings is 1. The normalized spacial score (nSPS) is 10.8. The Bertz CT molecular complexity index is 624. The summed E-state index contributed by atoms with van der Waals surface area (Å²) >= 11 is 0. The van der Waals surface area contributed by atoms with Gasteiger partial charge in [-0.15, -0.1) is 0 Å². The van der Waals surface area contributed by atoms with Crippen molar-refractivity contribution >= 4 is 10.9 Å². The standard InChI is InChI=1S/C14H12N2/c1-11-9-12-5-2-3-7-14(12)16(11)13-6-4-8-15-10-13/h2-10H,1H3. The minimum absolute atomic E-state index is 1.11. The van der Waals surface area contributed by atoms with E-state index in [0.717, 1.165) is 5.69 Å². The predicted octanol–water partition coefficient (Wildman–Crippen LogP) is 3.33. The third-order valence-electron chi connectivity index (χ3n) is 2.80. The zero-order chi connectivity index (χ0) is 11.0. The Labute approximate surface area is 94.2 Å². The Morgan fingerprint density at radius 1 is 1.06 bits per heavy atom. The van der Waals surface area contributed by atoms with E-state index in [9.17, 15) is 0 Å². The first kappa shape index (κ1) is 9.16. The fraction of sp³-hybridized carbons (Fsp3) is 0.0714. The molecule has 0 aliphatic heterocycles.